The fraction of sp³-hybridized carbons (Fsp3) is 0.500. The third-order valence-electron chi connectivity index (χ3n) is 5.16. The fourth-order valence-corrected chi connectivity index (χ4v) is 4.59. The van der Waals surface area contributed by atoms with Crippen molar-refractivity contribution in [3.8, 4) is 0 Å². The molecule has 2 amide bonds. The predicted octanol–water partition coefficient (Wildman–Crippen LogP) is 3.11. The van der Waals surface area contributed by atoms with Crippen molar-refractivity contribution < 1.29 is 9.53 Å². The zero-order chi connectivity index (χ0) is 19.5. The number of thiazole rings is 1. The van der Waals surface area contributed by atoms with Gasteiger partial charge in [-0.25, -0.2) is 9.78 Å². The van der Waals surface area contributed by atoms with Gasteiger partial charge in [0.25, 0.3) is 0 Å². The van der Waals surface area contributed by atoms with Crippen LogP contribution >= 0.6 is 11.3 Å². The molecule has 7 nitrogen and oxygen atoms in total. The van der Waals surface area contributed by atoms with Crippen LogP contribution in [0.5, 0.6) is 0 Å². The number of nitrogens with one attached hydrogen (secondary N) is 1. The van der Waals surface area contributed by atoms with Gasteiger partial charge >= 0.3 is 6.03 Å². The number of carbonyl (C=O) groups is 1. The standard InChI is InChI=1S/C20H27N5O2S/c1-15-13-25(14-16(2)27-15)18-6-4-3-5-17(18)22-19(26)23-8-10-24(11-9-23)20-21-7-12-28-20/h3-7,12,15-16H,8-11,13-14H2,1-2H3,(H,22,26). The molecule has 8 heteroatoms. The van der Waals surface area contributed by atoms with Gasteiger partial charge in [0.1, 0.15) is 0 Å². The van der Waals surface area contributed by atoms with Crippen molar-refractivity contribution in [3.63, 3.8) is 0 Å². The number of carbonyl (C=O) groups excluding carboxylic acids is 1. The van der Waals surface area contributed by atoms with Crippen molar-refractivity contribution in [3.05, 3.63) is 35.8 Å². The second-order valence-corrected chi connectivity index (χ2v) is 8.27. The highest BCUT2D eigenvalue weighted by Gasteiger charge is 2.26. The molecule has 2 unspecified atom stereocenters. The van der Waals surface area contributed by atoms with Crippen molar-refractivity contribution >= 4 is 33.9 Å². The first-order chi connectivity index (χ1) is 13.6. The van der Waals surface area contributed by atoms with Crippen LogP contribution in [-0.2, 0) is 4.74 Å². The average molecular weight is 402 g/mol. The average Bonchev–Trinajstić information content (AvgIpc) is 3.22. The maximum atomic E-state index is 12.9. The summed E-state index contributed by atoms with van der Waals surface area (Å²) < 4.78 is 5.85. The van der Waals surface area contributed by atoms with Crippen molar-refractivity contribution in [2.24, 2.45) is 0 Å². The largest absolute Gasteiger partial charge is 0.372 e. The van der Waals surface area contributed by atoms with Crippen LogP contribution in [0.1, 0.15) is 13.8 Å². The summed E-state index contributed by atoms with van der Waals surface area (Å²) in [5.41, 5.74) is 1.91. The molecule has 2 atom stereocenters. The smallest absolute Gasteiger partial charge is 0.322 e. The van der Waals surface area contributed by atoms with E-state index in [0.29, 0.717) is 13.1 Å². The number of para-hydroxylation sites is 2. The van der Waals surface area contributed by atoms with Crippen LogP contribution in [-0.4, -0.2) is 67.4 Å². The Morgan fingerprint density at radius 1 is 1.11 bits per heavy atom. The van der Waals surface area contributed by atoms with Gasteiger partial charge in [-0.05, 0) is 26.0 Å². The Morgan fingerprint density at radius 3 is 2.50 bits per heavy atom. The number of hydrogen-bond acceptors (Lipinski definition) is 6. The van der Waals surface area contributed by atoms with E-state index in [2.05, 4.69) is 40.0 Å². The van der Waals surface area contributed by atoms with Gasteiger partial charge in [-0.1, -0.05) is 12.1 Å². The van der Waals surface area contributed by atoms with E-state index >= 15 is 0 Å². The number of ether oxygens (including phenoxy) is 1. The van der Waals surface area contributed by atoms with Gasteiger partial charge < -0.3 is 24.8 Å². The van der Waals surface area contributed by atoms with Crippen LogP contribution in [0.4, 0.5) is 21.3 Å². The first kappa shape index (κ1) is 19.0. The molecule has 1 aromatic heterocycles. The van der Waals surface area contributed by atoms with E-state index in [-0.39, 0.29) is 18.2 Å². The van der Waals surface area contributed by atoms with Gasteiger partial charge in [0.15, 0.2) is 5.13 Å². The van der Waals surface area contributed by atoms with Gasteiger partial charge in [-0.2, -0.15) is 0 Å². The number of aromatic nitrogens is 1. The lowest BCUT2D eigenvalue weighted by Crippen LogP contribution is -2.50. The van der Waals surface area contributed by atoms with Gasteiger partial charge in [-0.3, -0.25) is 0 Å². The summed E-state index contributed by atoms with van der Waals surface area (Å²) >= 11 is 1.64. The molecule has 0 aliphatic carbocycles. The lowest BCUT2D eigenvalue weighted by atomic mass is 10.1. The number of benzene rings is 1. The summed E-state index contributed by atoms with van der Waals surface area (Å²) in [6.07, 6.45) is 2.17. The highest BCUT2D eigenvalue weighted by atomic mass is 32.1. The minimum atomic E-state index is -0.0411. The fourth-order valence-electron chi connectivity index (χ4n) is 3.90. The molecule has 2 saturated heterocycles. The number of amides is 2. The Balaban J connectivity index is 1.40. The molecule has 0 radical (unpaired) electrons. The van der Waals surface area contributed by atoms with Crippen LogP contribution in [0.2, 0.25) is 0 Å². The lowest BCUT2D eigenvalue weighted by molar-refractivity contribution is -0.00517. The minimum absolute atomic E-state index is 0.0411. The van der Waals surface area contributed by atoms with Crippen LogP contribution in [0.15, 0.2) is 35.8 Å². The van der Waals surface area contributed by atoms with E-state index in [0.717, 1.165) is 42.7 Å². The number of hydrogen-bond donors (Lipinski definition) is 1. The number of urea groups is 1. The summed E-state index contributed by atoms with van der Waals surface area (Å²) in [6.45, 7) is 8.82. The lowest BCUT2D eigenvalue weighted by Gasteiger charge is -2.38. The van der Waals surface area contributed by atoms with Crippen molar-refractivity contribution in [1.29, 1.82) is 0 Å². The van der Waals surface area contributed by atoms with Gasteiger partial charge in [0.05, 0.1) is 23.6 Å². The molecular weight excluding hydrogens is 374 g/mol. The van der Waals surface area contributed by atoms with Crippen LogP contribution in [0.25, 0.3) is 0 Å². The quantitative estimate of drug-likeness (QED) is 0.856. The number of nitrogens with zero attached hydrogens (tertiary/aromatic N) is 4. The van der Waals surface area contributed by atoms with Crippen LogP contribution in [0.3, 0.4) is 0 Å². The van der Waals surface area contributed by atoms with Crippen molar-refractivity contribution in [2.75, 3.05) is 54.4 Å². The maximum absolute atomic E-state index is 12.9. The van der Waals surface area contributed by atoms with E-state index in [4.69, 9.17) is 4.74 Å². The van der Waals surface area contributed by atoms with E-state index in [1.165, 1.54) is 0 Å². The van der Waals surface area contributed by atoms with Gasteiger partial charge in [0.2, 0.25) is 0 Å². The Kier molecular flexibility index (Phi) is 5.68. The Bertz CT molecular complexity index is 782. The molecule has 4 rings (SSSR count). The number of piperazine rings is 1. The maximum Gasteiger partial charge on any atom is 0.322 e. The molecule has 28 heavy (non-hydrogen) atoms. The molecular formula is C20H27N5O2S. The molecule has 2 aromatic rings. The molecule has 2 aliphatic rings. The molecule has 2 aliphatic heterocycles. The second-order valence-electron chi connectivity index (χ2n) is 7.40. The SMILES string of the molecule is CC1CN(c2ccccc2NC(=O)N2CCN(c3nccs3)CC2)CC(C)O1. The first-order valence-corrected chi connectivity index (χ1v) is 10.7. The highest BCUT2D eigenvalue weighted by molar-refractivity contribution is 7.13. The predicted molar refractivity (Wildman–Crippen MR) is 114 cm³/mol. The third-order valence-corrected chi connectivity index (χ3v) is 5.99. The highest BCUT2D eigenvalue weighted by Crippen LogP contribution is 2.29. The topological polar surface area (TPSA) is 60.9 Å². The molecule has 0 bridgehead atoms. The molecule has 0 saturated carbocycles. The summed E-state index contributed by atoms with van der Waals surface area (Å²) in [4.78, 5) is 23.6. The van der Waals surface area contributed by atoms with Crippen LogP contribution in [0, 0.1) is 0 Å². The van der Waals surface area contributed by atoms with Crippen molar-refractivity contribution in [2.45, 2.75) is 26.1 Å². The normalized spacial score (nSPS) is 23.0. The van der Waals surface area contributed by atoms with E-state index in [9.17, 15) is 4.79 Å². The molecule has 2 fully saturated rings. The van der Waals surface area contributed by atoms with E-state index in [1.54, 1.807) is 11.3 Å². The Hall–Kier alpha value is -2.32. The number of morpholine rings is 1. The zero-order valence-electron chi connectivity index (χ0n) is 16.4. The Labute approximate surface area is 169 Å². The first-order valence-electron chi connectivity index (χ1n) is 9.80. The minimum Gasteiger partial charge on any atom is -0.372 e. The van der Waals surface area contributed by atoms with Crippen molar-refractivity contribution in [1.82, 2.24) is 9.88 Å². The molecule has 0 spiro atoms. The third kappa shape index (κ3) is 4.23. The van der Waals surface area contributed by atoms with Crippen LogP contribution < -0.4 is 15.1 Å². The molecule has 150 valence electrons. The van der Waals surface area contributed by atoms with E-state index in [1.807, 2.05) is 34.7 Å². The molecule has 1 aromatic carbocycles. The number of anilines is 3. The Morgan fingerprint density at radius 2 is 1.82 bits per heavy atom. The zero-order valence-corrected chi connectivity index (χ0v) is 17.2. The summed E-state index contributed by atoms with van der Waals surface area (Å²) in [6, 6.07) is 7.99. The summed E-state index contributed by atoms with van der Waals surface area (Å²) in [5, 5.41) is 6.14. The van der Waals surface area contributed by atoms with Gasteiger partial charge in [-0.15, -0.1) is 11.3 Å². The second kappa shape index (κ2) is 8.36. The monoisotopic (exact) mass is 401 g/mol. The summed E-state index contributed by atoms with van der Waals surface area (Å²) in [5.74, 6) is 0. The molecule has 3 heterocycles. The molecule has 1 N–H and O–H groups in total. The van der Waals surface area contributed by atoms with E-state index < -0.39 is 0 Å². The number of rotatable bonds is 3. The summed E-state index contributed by atoms with van der Waals surface area (Å²) in [7, 11) is 0. The van der Waals surface area contributed by atoms with Gasteiger partial charge in [0, 0.05) is 50.8 Å².